The van der Waals surface area contributed by atoms with Crippen LogP contribution in [-0.2, 0) is 24.5 Å². The molecule has 0 saturated carbocycles. The average molecular weight is 590 g/mol. The van der Waals surface area contributed by atoms with E-state index in [2.05, 4.69) is 20.9 Å². The van der Waals surface area contributed by atoms with E-state index in [0.29, 0.717) is 53.9 Å². The lowest BCUT2D eigenvalue weighted by Gasteiger charge is -2.40. The number of nitrogens with one attached hydrogen (secondary N) is 3. The van der Waals surface area contributed by atoms with Crippen LogP contribution in [0.3, 0.4) is 0 Å². The third kappa shape index (κ3) is 6.61. The Labute approximate surface area is 251 Å². The fraction of sp³-hybridized carbons (Fsp3) is 0.406. The highest BCUT2D eigenvalue weighted by Crippen LogP contribution is 2.39. The number of ether oxygens (including phenoxy) is 1. The van der Waals surface area contributed by atoms with Crippen LogP contribution in [0.15, 0.2) is 77.1 Å². The summed E-state index contributed by atoms with van der Waals surface area (Å²) in [6.45, 7) is 6.18. The number of rotatable bonds is 10. The second-order valence-corrected chi connectivity index (χ2v) is 11.0. The Morgan fingerprint density at radius 3 is 2.16 bits per heavy atom. The number of carbonyl (C=O) groups excluding carboxylic acids is 3. The minimum absolute atomic E-state index is 0.0723. The summed E-state index contributed by atoms with van der Waals surface area (Å²) in [6, 6.07) is 15.7. The summed E-state index contributed by atoms with van der Waals surface area (Å²) in [5.74, 6) is -1.56. The number of nitro benzene ring substituents is 1. The Balaban J connectivity index is 1.41. The number of likely N-dealkylation sites (N-methyl/N-ethyl adjacent to an activating group) is 1. The van der Waals surface area contributed by atoms with E-state index in [4.69, 9.17) is 4.74 Å². The molecule has 4 rings (SSSR count). The van der Waals surface area contributed by atoms with Crippen molar-refractivity contribution in [2.75, 3.05) is 40.3 Å². The maximum absolute atomic E-state index is 13.6. The first-order chi connectivity index (χ1) is 20.6. The lowest BCUT2D eigenvalue weighted by Crippen LogP contribution is -2.48. The third-order valence-electron chi connectivity index (χ3n) is 8.46. The minimum Gasteiger partial charge on any atom is -0.468 e. The van der Waals surface area contributed by atoms with Crippen molar-refractivity contribution in [3.05, 3.63) is 98.4 Å². The molecule has 11 heteroatoms. The smallest absolute Gasteiger partial charge is 0.316 e. The molecule has 0 aromatic heterocycles. The van der Waals surface area contributed by atoms with Gasteiger partial charge in [-0.15, -0.1) is 0 Å². The van der Waals surface area contributed by atoms with E-state index < -0.39 is 16.3 Å². The van der Waals surface area contributed by atoms with Gasteiger partial charge in [-0.05, 0) is 63.9 Å². The Hall–Kier alpha value is -4.51. The topological polar surface area (TPSA) is 143 Å². The van der Waals surface area contributed by atoms with Gasteiger partial charge in [-0.1, -0.05) is 42.5 Å². The van der Waals surface area contributed by atoms with Crippen molar-refractivity contribution in [3.8, 4) is 0 Å². The standard InChI is InChI=1S/C32H39N5O6/c1-21-26(29(38)33-3)28(23-11-13-25(14-12-23)37(41)42)27(22(2)35-21)30(39)34-17-8-18-36-19-15-32(16-20-36,31(40)43-4)24-9-6-5-7-10-24/h5-7,9-14,28,35H,8,15-20H2,1-4H3,(H,33,38)(H,34,39)/t28-/m0/s1. The maximum atomic E-state index is 13.6. The number of methoxy groups -OCH3 is 1. The van der Waals surface area contributed by atoms with Gasteiger partial charge in [-0.3, -0.25) is 24.5 Å². The summed E-state index contributed by atoms with van der Waals surface area (Å²) in [5, 5.41) is 20.0. The van der Waals surface area contributed by atoms with Crippen LogP contribution in [0.1, 0.15) is 50.2 Å². The van der Waals surface area contributed by atoms with E-state index in [9.17, 15) is 24.5 Å². The molecule has 228 valence electrons. The van der Waals surface area contributed by atoms with Crippen LogP contribution >= 0.6 is 0 Å². The Morgan fingerprint density at radius 1 is 1.00 bits per heavy atom. The summed E-state index contributed by atoms with van der Waals surface area (Å²) in [6.07, 6.45) is 2.00. The second-order valence-electron chi connectivity index (χ2n) is 11.0. The van der Waals surface area contributed by atoms with Crippen molar-refractivity contribution >= 4 is 23.5 Å². The zero-order valence-electron chi connectivity index (χ0n) is 25.1. The highest BCUT2D eigenvalue weighted by molar-refractivity contribution is 6.03. The molecule has 3 N–H and O–H groups in total. The number of non-ortho nitro benzene ring substituents is 1. The summed E-state index contributed by atoms with van der Waals surface area (Å²) in [7, 11) is 2.96. The Morgan fingerprint density at radius 2 is 1.60 bits per heavy atom. The summed E-state index contributed by atoms with van der Waals surface area (Å²) in [5.41, 5.74) is 2.85. The molecule has 2 heterocycles. The number of amides is 2. The van der Waals surface area contributed by atoms with Crippen LogP contribution in [0.5, 0.6) is 0 Å². The van der Waals surface area contributed by atoms with Crippen molar-refractivity contribution in [1.29, 1.82) is 0 Å². The number of benzene rings is 2. The van der Waals surface area contributed by atoms with Crippen molar-refractivity contribution in [2.45, 2.75) is 44.4 Å². The van der Waals surface area contributed by atoms with Crippen LogP contribution < -0.4 is 16.0 Å². The van der Waals surface area contributed by atoms with Gasteiger partial charge in [0, 0.05) is 54.2 Å². The van der Waals surface area contributed by atoms with Gasteiger partial charge < -0.3 is 25.6 Å². The number of dihydropyridines is 1. The molecule has 0 aliphatic carbocycles. The molecular formula is C32H39N5O6. The van der Waals surface area contributed by atoms with Crippen LogP contribution in [0.2, 0.25) is 0 Å². The van der Waals surface area contributed by atoms with E-state index in [1.54, 1.807) is 26.0 Å². The molecule has 2 aliphatic heterocycles. The van der Waals surface area contributed by atoms with Gasteiger partial charge in [-0.25, -0.2) is 0 Å². The predicted octanol–water partition coefficient (Wildman–Crippen LogP) is 3.29. The maximum Gasteiger partial charge on any atom is 0.316 e. The lowest BCUT2D eigenvalue weighted by atomic mass is 9.72. The van der Waals surface area contributed by atoms with Gasteiger partial charge >= 0.3 is 5.97 Å². The van der Waals surface area contributed by atoms with Gasteiger partial charge in [0.1, 0.15) is 0 Å². The molecule has 2 aliphatic rings. The zero-order chi connectivity index (χ0) is 31.1. The molecule has 1 fully saturated rings. The molecule has 2 amide bonds. The first kappa shape index (κ1) is 31.4. The highest BCUT2D eigenvalue weighted by Gasteiger charge is 2.44. The quantitative estimate of drug-likeness (QED) is 0.166. The number of nitrogens with zero attached hydrogens (tertiary/aromatic N) is 2. The highest BCUT2D eigenvalue weighted by atomic mass is 16.6. The first-order valence-corrected chi connectivity index (χ1v) is 14.4. The second kappa shape index (κ2) is 13.6. The van der Waals surface area contributed by atoms with Gasteiger partial charge in [0.2, 0.25) is 11.8 Å². The number of nitro groups is 1. The summed E-state index contributed by atoms with van der Waals surface area (Å²) < 4.78 is 5.19. The number of allylic oxidation sites excluding steroid dienone is 2. The van der Waals surface area contributed by atoms with Crippen LogP contribution in [0.4, 0.5) is 5.69 Å². The fourth-order valence-electron chi connectivity index (χ4n) is 6.17. The van der Waals surface area contributed by atoms with Crippen molar-refractivity contribution in [3.63, 3.8) is 0 Å². The molecule has 0 radical (unpaired) electrons. The van der Waals surface area contributed by atoms with Crippen molar-refractivity contribution in [2.24, 2.45) is 0 Å². The van der Waals surface area contributed by atoms with E-state index in [-0.39, 0.29) is 23.5 Å². The number of esters is 1. The zero-order valence-corrected chi connectivity index (χ0v) is 25.1. The first-order valence-electron chi connectivity index (χ1n) is 14.4. The van der Waals surface area contributed by atoms with Gasteiger partial charge in [0.25, 0.3) is 5.69 Å². The van der Waals surface area contributed by atoms with Gasteiger partial charge in [-0.2, -0.15) is 0 Å². The van der Waals surface area contributed by atoms with E-state index >= 15 is 0 Å². The summed E-state index contributed by atoms with van der Waals surface area (Å²) in [4.78, 5) is 52.4. The number of carbonyl (C=O) groups is 3. The molecule has 2 aromatic carbocycles. The van der Waals surface area contributed by atoms with Gasteiger partial charge in [0.05, 0.1) is 17.4 Å². The van der Waals surface area contributed by atoms with E-state index in [0.717, 1.165) is 25.2 Å². The normalized spacial score (nSPS) is 18.5. The van der Waals surface area contributed by atoms with Crippen LogP contribution in [0.25, 0.3) is 0 Å². The molecule has 0 unspecified atom stereocenters. The van der Waals surface area contributed by atoms with Crippen molar-refractivity contribution in [1.82, 2.24) is 20.9 Å². The number of likely N-dealkylation sites (tertiary alicyclic amines) is 1. The van der Waals surface area contributed by atoms with E-state index in [1.807, 2.05) is 30.3 Å². The Kier molecular flexibility index (Phi) is 9.97. The number of hydrogen-bond donors (Lipinski definition) is 3. The van der Waals surface area contributed by atoms with E-state index in [1.165, 1.54) is 26.3 Å². The molecule has 1 atom stereocenters. The monoisotopic (exact) mass is 589 g/mol. The Bertz CT molecular complexity index is 1430. The predicted molar refractivity (Wildman–Crippen MR) is 162 cm³/mol. The van der Waals surface area contributed by atoms with Crippen LogP contribution in [0, 0.1) is 10.1 Å². The minimum atomic E-state index is -0.700. The molecule has 1 saturated heterocycles. The van der Waals surface area contributed by atoms with Crippen molar-refractivity contribution < 1.29 is 24.0 Å². The molecular weight excluding hydrogens is 550 g/mol. The number of piperidine rings is 1. The fourth-order valence-corrected chi connectivity index (χ4v) is 6.17. The molecule has 43 heavy (non-hydrogen) atoms. The molecule has 2 aromatic rings. The molecule has 0 bridgehead atoms. The SMILES string of the molecule is CNC(=O)C1=C(C)NC(C)=C(C(=O)NCCCN2CCC(C(=O)OC)(c3ccccc3)CC2)[C@H]1c1ccc([N+](=O)[O-])cc1. The van der Waals surface area contributed by atoms with Gasteiger partial charge in [0.15, 0.2) is 0 Å². The van der Waals surface area contributed by atoms with Crippen LogP contribution in [-0.4, -0.2) is 67.9 Å². The lowest BCUT2D eigenvalue weighted by molar-refractivity contribution is -0.384. The number of hydrogen-bond acceptors (Lipinski definition) is 8. The largest absolute Gasteiger partial charge is 0.468 e. The molecule has 11 nitrogen and oxygen atoms in total. The average Bonchev–Trinajstić information content (AvgIpc) is 3.02. The summed E-state index contributed by atoms with van der Waals surface area (Å²) >= 11 is 0. The molecule has 0 spiro atoms. The third-order valence-corrected chi connectivity index (χ3v) is 8.46.